The van der Waals surface area contributed by atoms with E-state index in [9.17, 15) is 9.90 Å². The molecule has 1 amide bonds. The van der Waals surface area contributed by atoms with Crippen LogP contribution < -0.4 is 24.8 Å². The molecule has 1 aliphatic heterocycles. The molecular formula is C28H27N5O5. The first kappa shape index (κ1) is 24.7. The van der Waals surface area contributed by atoms with Gasteiger partial charge in [0.2, 0.25) is 5.95 Å². The second-order valence-corrected chi connectivity index (χ2v) is 8.58. The Labute approximate surface area is 219 Å². The minimum atomic E-state index is -0.694. The van der Waals surface area contributed by atoms with Crippen LogP contribution in [0.25, 0.3) is 11.4 Å². The van der Waals surface area contributed by atoms with E-state index in [0.29, 0.717) is 57.1 Å². The van der Waals surface area contributed by atoms with E-state index in [2.05, 4.69) is 15.6 Å². The van der Waals surface area contributed by atoms with Gasteiger partial charge in [0.05, 0.1) is 32.6 Å². The molecule has 0 fully saturated rings. The number of aromatic hydroxyl groups is 1. The summed E-state index contributed by atoms with van der Waals surface area (Å²) >= 11 is 0. The van der Waals surface area contributed by atoms with Gasteiger partial charge in [0.15, 0.2) is 5.82 Å². The summed E-state index contributed by atoms with van der Waals surface area (Å²) in [7, 11) is 4.68. The fourth-order valence-electron chi connectivity index (χ4n) is 4.48. The van der Waals surface area contributed by atoms with Gasteiger partial charge in [-0.1, -0.05) is 24.3 Å². The minimum Gasteiger partial charge on any atom is -0.508 e. The van der Waals surface area contributed by atoms with E-state index in [4.69, 9.17) is 19.3 Å². The first-order valence-corrected chi connectivity index (χ1v) is 11.8. The van der Waals surface area contributed by atoms with Crippen LogP contribution in [0.3, 0.4) is 0 Å². The Morgan fingerprint density at radius 1 is 0.974 bits per heavy atom. The first-order valence-electron chi connectivity index (χ1n) is 11.8. The molecule has 0 aliphatic carbocycles. The van der Waals surface area contributed by atoms with Crippen molar-refractivity contribution in [2.45, 2.75) is 13.0 Å². The number of phenolic OH excluding ortho intramolecular Hbond substituents is 1. The number of hydrogen-bond donors (Lipinski definition) is 3. The van der Waals surface area contributed by atoms with Crippen molar-refractivity contribution in [1.29, 1.82) is 0 Å². The number of para-hydroxylation sites is 2. The highest BCUT2D eigenvalue weighted by Crippen LogP contribution is 2.41. The van der Waals surface area contributed by atoms with Crippen LogP contribution in [-0.2, 0) is 4.79 Å². The average Bonchev–Trinajstić information content (AvgIpc) is 3.36. The second-order valence-electron chi connectivity index (χ2n) is 8.58. The normalized spacial score (nSPS) is 14.4. The van der Waals surface area contributed by atoms with Crippen molar-refractivity contribution in [2.24, 2.45) is 0 Å². The number of phenols is 1. The third kappa shape index (κ3) is 4.47. The lowest BCUT2D eigenvalue weighted by atomic mass is 9.94. The summed E-state index contributed by atoms with van der Waals surface area (Å²) in [5.41, 5.74) is 2.87. The van der Waals surface area contributed by atoms with Crippen LogP contribution >= 0.6 is 0 Å². The van der Waals surface area contributed by atoms with Gasteiger partial charge in [0.25, 0.3) is 5.91 Å². The van der Waals surface area contributed by atoms with Gasteiger partial charge in [0.1, 0.15) is 29.0 Å². The maximum atomic E-state index is 13.9. The lowest BCUT2D eigenvalue weighted by molar-refractivity contribution is -0.113. The van der Waals surface area contributed by atoms with E-state index >= 15 is 0 Å². The molecule has 0 bridgehead atoms. The molecule has 1 unspecified atom stereocenters. The summed E-state index contributed by atoms with van der Waals surface area (Å²) in [6, 6.07) is 18.6. The molecule has 0 saturated heterocycles. The number of aromatic nitrogens is 3. The van der Waals surface area contributed by atoms with Crippen LogP contribution in [0, 0.1) is 0 Å². The Hall–Kier alpha value is -4.99. The van der Waals surface area contributed by atoms with Gasteiger partial charge in [-0.05, 0) is 43.3 Å². The van der Waals surface area contributed by atoms with Crippen molar-refractivity contribution < 1.29 is 24.1 Å². The number of anilines is 2. The fraction of sp³-hybridized carbons (Fsp3) is 0.179. The van der Waals surface area contributed by atoms with Crippen molar-refractivity contribution >= 4 is 17.5 Å². The molecule has 3 N–H and O–H groups in total. The van der Waals surface area contributed by atoms with Gasteiger partial charge in [-0.2, -0.15) is 4.98 Å². The largest absolute Gasteiger partial charge is 0.508 e. The highest BCUT2D eigenvalue weighted by molar-refractivity contribution is 6.06. The number of carbonyl (C=O) groups is 1. The predicted octanol–water partition coefficient (Wildman–Crippen LogP) is 4.60. The summed E-state index contributed by atoms with van der Waals surface area (Å²) in [6.07, 6.45) is 0. The van der Waals surface area contributed by atoms with Crippen LogP contribution in [0.1, 0.15) is 18.5 Å². The molecule has 5 rings (SSSR count). The molecule has 1 atom stereocenters. The van der Waals surface area contributed by atoms with Gasteiger partial charge in [-0.25, -0.2) is 4.68 Å². The van der Waals surface area contributed by atoms with Crippen molar-refractivity contribution in [3.63, 3.8) is 0 Å². The zero-order chi connectivity index (χ0) is 26.8. The van der Waals surface area contributed by atoms with Crippen LogP contribution in [0.2, 0.25) is 0 Å². The number of nitrogens with one attached hydrogen (secondary N) is 2. The maximum absolute atomic E-state index is 13.9. The molecule has 0 spiro atoms. The SMILES string of the molecule is COc1ccc(C2C(C(=O)Nc3ccccc3OC)=C(C)Nc3nc(-c4cccc(O)c4)nn32)c(OC)c1. The molecule has 3 aromatic carbocycles. The maximum Gasteiger partial charge on any atom is 0.255 e. The Kier molecular flexibility index (Phi) is 6.61. The van der Waals surface area contributed by atoms with Crippen LogP contribution in [-0.4, -0.2) is 47.1 Å². The van der Waals surface area contributed by atoms with Crippen molar-refractivity contribution in [2.75, 3.05) is 32.0 Å². The lowest BCUT2D eigenvalue weighted by Gasteiger charge is -2.29. The molecule has 38 heavy (non-hydrogen) atoms. The number of ether oxygens (including phenoxy) is 3. The smallest absolute Gasteiger partial charge is 0.255 e. The van der Waals surface area contributed by atoms with Gasteiger partial charge < -0.3 is 30.0 Å². The van der Waals surface area contributed by atoms with E-state index in [1.54, 1.807) is 74.5 Å². The number of methoxy groups -OCH3 is 3. The Balaban J connectivity index is 1.65. The Bertz CT molecular complexity index is 1540. The second kappa shape index (κ2) is 10.2. The number of amides is 1. The third-order valence-corrected chi connectivity index (χ3v) is 6.29. The van der Waals surface area contributed by atoms with Crippen LogP contribution in [0.15, 0.2) is 78.0 Å². The number of carbonyl (C=O) groups excluding carboxylic acids is 1. The molecule has 0 saturated carbocycles. The van der Waals surface area contributed by atoms with E-state index < -0.39 is 6.04 Å². The van der Waals surface area contributed by atoms with Gasteiger partial charge >= 0.3 is 0 Å². The standard InChI is InChI=1S/C28H27N5O5/c1-16-24(27(35)30-21-10-5-6-11-22(21)37-3)25(20-13-12-19(36-2)15-23(20)38-4)33-28(29-16)31-26(32-33)17-8-7-9-18(34)14-17/h5-15,25,34H,1-4H3,(H,30,35)(H,29,31,32). The lowest BCUT2D eigenvalue weighted by Crippen LogP contribution is -2.31. The molecule has 1 aromatic heterocycles. The minimum absolute atomic E-state index is 0.0998. The van der Waals surface area contributed by atoms with Crippen LogP contribution in [0.5, 0.6) is 23.0 Å². The highest BCUT2D eigenvalue weighted by atomic mass is 16.5. The molecule has 0 radical (unpaired) electrons. The number of allylic oxidation sites excluding steroid dienone is 1. The summed E-state index contributed by atoms with van der Waals surface area (Å²) < 4.78 is 18.2. The quantitative estimate of drug-likeness (QED) is 0.328. The van der Waals surface area contributed by atoms with Gasteiger partial charge in [-0.3, -0.25) is 4.79 Å². The topological polar surface area (TPSA) is 120 Å². The molecule has 10 heteroatoms. The zero-order valence-electron chi connectivity index (χ0n) is 21.4. The van der Waals surface area contributed by atoms with E-state index in [0.717, 1.165) is 0 Å². The monoisotopic (exact) mass is 513 g/mol. The van der Waals surface area contributed by atoms with Gasteiger partial charge in [-0.15, -0.1) is 5.10 Å². The highest BCUT2D eigenvalue weighted by Gasteiger charge is 2.36. The van der Waals surface area contributed by atoms with E-state index in [-0.39, 0.29) is 11.7 Å². The van der Waals surface area contributed by atoms with E-state index in [1.165, 1.54) is 0 Å². The third-order valence-electron chi connectivity index (χ3n) is 6.29. The van der Waals surface area contributed by atoms with Crippen molar-refractivity contribution in [3.8, 4) is 34.4 Å². The Morgan fingerprint density at radius 3 is 2.50 bits per heavy atom. The molecule has 1 aliphatic rings. The van der Waals surface area contributed by atoms with Gasteiger partial charge in [0, 0.05) is 22.9 Å². The number of benzene rings is 3. The number of rotatable bonds is 7. The van der Waals surface area contributed by atoms with Crippen molar-refractivity contribution in [1.82, 2.24) is 14.8 Å². The molecule has 2 heterocycles. The van der Waals surface area contributed by atoms with Crippen molar-refractivity contribution in [3.05, 3.63) is 83.6 Å². The summed E-state index contributed by atoms with van der Waals surface area (Å²) in [5.74, 6) is 2.25. The zero-order valence-corrected chi connectivity index (χ0v) is 21.4. The van der Waals surface area contributed by atoms with Crippen LogP contribution in [0.4, 0.5) is 11.6 Å². The summed E-state index contributed by atoms with van der Waals surface area (Å²) in [4.78, 5) is 18.5. The molecular weight excluding hydrogens is 486 g/mol. The molecule has 194 valence electrons. The average molecular weight is 514 g/mol. The Morgan fingerprint density at radius 2 is 1.76 bits per heavy atom. The summed E-state index contributed by atoms with van der Waals surface area (Å²) in [6.45, 7) is 1.81. The number of nitrogens with zero attached hydrogens (tertiary/aromatic N) is 3. The molecule has 10 nitrogen and oxygen atoms in total. The first-order chi connectivity index (χ1) is 18.4. The predicted molar refractivity (Wildman–Crippen MR) is 143 cm³/mol. The number of fused-ring (bicyclic) bond motifs is 1. The summed E-state index contributed by atoms with van der Waals surface area (Å²) in [5, 5.41) is 20.9. The number of hydrogen-bond acceptors (Lipinski definition) is 8. The molecule has 4 aromatic rings. The van der Waals surface area contributed by atoms with E-state index in [1.807, 2.05) is 25.1 Å². The fourth-order valence-corrected chi connectivity index (χ4v) is 4.48.